The summed E-state index contributed by atoms with van der Waals surface area (Å²) in [4.78, 5) is 13.2. The summed E-state index contributed by atoms with van der Waals surface area (Å²) >= 11 is 1.57. The van der Waals surface area contributed by atoms with E-state index in [4.69, 9.17) is 9.84 Å². The maximum Gasteiger partial charge on any atom is 0.335 e. The zero-order valence-electron chi connectivity index (χ0n) is 13.5. The van der Waals surface area contributed by atoms with E-state index in [-0.39, 0.29) is 0 Å². The standard InChI is InChI=1S/C16H20N4O3S/c1-2-20-15(19-6-8-23-9-7-19)17-18-16(20)24-11-12-4-3-5-13(10-12)14(21)22/h3-5,10H,2,6-9,11H2,1H3,(H,21,22). The molecule has 0 atom stereocenters. The quantitative estimate of drug-likeness (QED) is 0.801. The molecule has 1 aliphatic heterocycles. The molecule has 2 heterocycles. The van der Waals surface area contributed by atoms with Gasteiger partial charge in [-0.1, -0.05) is 23.9 Å². The first-order valence-electron chi connectivity index (χ1n) is 7.90. The summed E-state index contributed by atoms with van der Waals surface area (Å²) in [7, 11) is 0. The SMILES string of the molecule is CCn1c(SCc2cccc(C(=O)O)c2)nnc1N1CCOCC1. The van der Waals surface area contributed by atoms with Gasteiger partial charge in [-0.3, -0.25) is 4.57 Å². The van der Waals surface area contributed by atoms with E-state index in [0.717, 1.165) is 36.3 Å². The average molecular weight is 348 g/mol. The molecule has 8 heteroatoms. The zero-order chi connectivity index (χ0) is 16.9. The highest BCUT2D eigenvalue weighted by Gasteiger charge is 2.19. The topological polar surface area (TPSA) is 80.5 Å². The molecule has 0 bridgehead atoms. The Morgan fingerprint density at radius 2 is 2.12 bits per heavy atom. The number of hydrogen-bond acceptors (Lipinski definition) is 6. The van der Waals surface area contributed by atoms with Crippen molar-refractivity contribution in [2.24, 2.45) is 0 Å². The molecule has 0 radical (unpaired) electrons. The summed E-state index contributed by atoms with van der Waals surface area (Å²) < 4.78 is 7.48. The van der Waals surface area contributed by atoms with Crippen molar-refractivity contribution < 1.29 is 14.6 Å². The Bertz CT molecular complexity index is 713. The molecule has 24 heavy (non-hydrogen) atoms. The molecule has 7 nitrogen and oxygen atoms in total. The van der Waals surface area contributed by atoms with Gasteiger partial charge in [0.25, 0.3) is 0 Å². The van der Waals surface area contributed by atoms with Crippen LogP contribution in [-0.2, 0) is 17.0 Å². The molecule has 1 N–H and O–H groups in total. The summed E-state index contributed by atoms with van der Waals surface area (Å²) in [6, 6.07) is 6.99. The number of aromatic carboxylic acids is 1. The number of hydrogen-bond donors (Lipinski definition) is 1. The third kappa shape index (κ3) is 3.70. The maximum absolute atomic E-state index is 11.1. The van der Waals surface area contributed by atoms with Crippen molar-refractivity contribution in [1.82, 2.24) is 14.8 Å². The number of carboxylic acids is 1. The summed E-state index contributed by atoms with van der Waals surface area (Å²) in [5.41, 5.74) is 1.26. The van der Waals surface area contributed by atoms with Crippen LogP contribution < -0.4 is 4.90 Å². The predicted octanol–water partition coefficient (Wildman–Crippen LogP) is 2.13. The minimum absolute atomic E-state index is 0.305. The lowest BCUT2D eigenvalue weighted by molar-refractivity contribution is 0.0696. The lowest BCUT2D eigenvalue weighted by Gasteiger charge is -2.27. The van der Waals surface area contributed by atoms with Gasteiger partial charge in [0.15, 0.2) is 5.16 Å². The van der Waals surface area contributed by atoms with Crippen LogP contribution in [0.5, 0.6) is 0 Å². The number of carboxylic acid groups (broad SMARTS) is 1. The Morgan fingerprint density at radius 1 is 1.33 bits per heavy atom. The van der Waals surface area contributed by atoms with Crippen LogP contribution in [0.25, 0.3) is 0 Å². The number of thioether (sulfide) groups is 1. The molecule has 1 fully saturated rings. The van der Waals surface area contributed by atoms with Crippen LogP contribution in [0, 0.1) is 0 Å². The number of aromatic nitrogens is 3. The van der Waals surface area contributed by atoms with Crippen molar-refractivity contribution in [2.75, 3.05) is 31.2 Å². The van der Waals surface area contributed by atoms with E-state index in [2.05, 4.69) is 26.6 Å². The van der Waals surface area contributed by atoms with Crippen molar-refractivity contribution in [3.63, 3.8) is 0 Å². The normalized spacial score (nSPS) is 14.8. The maximum atomic E-state index is 11.1. The van der Waals surface area contributed by atoms with Crippen LogP contribution in [0.2, 0.25) is 0 Å². The van der Waals surface area contributed by atoms with Gasteiger partial charge in [0.05, 0.1) is 18.8 Å². The van der Waals surface area contributed by atoms with Gasteiger partial charge in [-0.25, -0.2) is 4.79 Å². The lowest BCUT2D eigenvalue weighted by Crippen LogP contribution is -2.38. The molecule has 0 spiro atoms. The number of anilines is 1. The Morgan fingerprint density at radius 3 is 2.83 bits per heavy atom. The molecule has 3 rings (SSSR count). The average Bonchev–Trinajstić information content (AvgIpc) is 3.04. The van der Waals surface area contributed by atoms with Crippen molar-refractivity contribution in [1.29, 1.82) is 0 Å². The van der Waals surface area contributed by atoms with E-state index in [9.17, 15) is 4.79 Å². The number of morpholine rings is 1. The first kappa shape index (κ1) is 16.8. The molecule has 1 aliphatic rings. The van der Waals surface area contributed by atoms with E-state index in [0.29, 0.717) is 24.5 Å². The fraction of sp³-hybridized carbons (Fsp3) is 0.438. The van der Waals surface area contributed by atoms with Crippen LogP contribution in [0.1, 0.15) is 22.8 Å². The highest BCUT2D eigenvalue weighted by atomic mass is 32.2. The van der Waals surface area contributed by atoms with Gasteiger partial charge < -0.3 is 14.7 Å². The minimum atomic E-state index is -0.909. The molecule has 1 saturated heterocycles. The number of benzene rings is 1. The van der Waals surface area contributed by atoms with E-state index in [1.54, 1.807) is 30.0 Å². The van der Waals surface area contributed by atoms with Crippen LogP contribution in [0.15, 0.2) is 29.4 Å². The van der Waals surface area contributed by atoms with Crippen molar-refractivity contribution in [3.8, 4) is 0 Å². The number of carbonyl (C=O) groups is 1. The van der Waals surface area contributed by atoms with Crippen molar-refractivity contribution in [3.05, 3.63) is 35.4 Å². The number of ether oxygens (including phenoxy) is 1. The van der Waals surface area contributed by atoms with Crippen LogP contribution in [0.3, 0.4) is 0 Å². The van der Waals surface area contributed by atoms with Crippen molar-refractivity contribution >= 4 is 23.7 Å². The highest BCUT2D eigenvalue weighted by molar-refractivity contribution is 7.98. The van der Waals surface area contributed by atoms with Gasteiger partial charge in [0.2, 0.25) is 5.95 Å². The minimum Gasteiger partial charge on any atom is -0.478 e. The van der Waals surface area contributed by atoms with Crippen molar-refractivity contribution in [2.45, 2.75) is 24.4 Å². The lowest BCUT2D eigenvalue weighted by atomic mass is 10.1. The van der Waals surface area contributed by atoms with Gasteiger partial charge >= 0.3 is 5.97 Å². The number of nitrogens with zero attached hydrogens (tertiary/aromatic N) is 4. The Labute approximate surface area is 144 Å². The fourth-order valence-electron chi connectivity index (χ4n) is 2.60. The largest absolute Gasteiger partial charge is 0.478 e. The summed E-state index contributed by atoms with van der Waals surface area (Å²) in [5, 5.41) is 18.6. The van der Waals surface area contributed by atoms with Crippen LogP contribution in [-0.4, -0.2) is 52.1 Å². The first-order chi connectivity index (χ1) is 11.7. The van der Waals surface area contributed by atoms with Gasteiger partial charge in [-0.05, 0) is 24.6 Å². The van der Waals surface area contributed by atoms with Gasteiger partial charge in [-0.2, -0.15) is 0 Å². The molecule has 0 amide bonds. The van der Waals surface area contributed by atoms with Gasteiger partial charge in [0.1, 0.15) is 0 Å². The third-order valence-electron chi connectivity index (χ3n) is 3.85. The molecule has 1 aromatic heterocycles. The Kier molecular flexibility index (Phi) is 5.37. The van der Waals surface area contributed by atoms with Gasteiger partial charge in [0, 0.05) is 25.4 Å². The summed E-state index contributed by atoms with van der Waals surface area (Å²) in [6.45, 7) is 5.93. The number of rotatable bonds is 6. The molecular formula is C16H20N4O3S. The zero-order valence-corrected chi connectivity index (χ0v) is 14.3. The third-order valence-corrected chi connectivity index (χ3v) is 4.89. The van der Waals surface area contributed by atoms with Crippen LogP contribution in [0.4, 0.5) is 5.95 Å². The van der Waals surface area contributed by atoms with E-state index >= 15 is 0 Å². The molecule has 0 aliphatic carbocycles. The monoisotopic (exact) mass is 348 g/mol. The highest BCUT2D eigenvalue weighted by Crippen LogP contribution is 2.25. The second-order valence-electron chi connectivity index (χ2n) is 5.42. The molecule has 1 aromatic carbocycles. The Hall–Kier alpha value is -2.06. The van der Waals surface area contributed by atoms with Crippen LogP contribution >= 0.6 is 11.8 Å². The van der Waals surface area contributed by atoms with Gasteiger partial charge in [-0.15, -0.1) is 10.2 Å². The molecule has 0 saturated carbocycles. The van der Waals surface area contributed by atoms with E-state index < -0.39 is 5.97 Å². The summed E-state index contributed by atoms with van der Waals surface area (Å²) in [6.07, 6.45) is 0. The Balaban J connectivity index is 1.72. The smallest absolute Gasteiger partial charge is 0.335 e. The molecular weight excluding hydrogens is 328 g/mol. The molecule has 0 unspecified atom stereocenters. The summed E-state index contributed by atoms with van der Waals surface area (Å²) in [5.74, 6) is 0.623. The second-order valence-corrected chi connectivity index (χ2v) is 6.36. The van der Waals surface area contributed by atoms with E-state index in [1.807, 2.05) is 6.07 Å². The van der Waals surface area contributed by atoms with E-state index in [1.165, 1.54) is 0 Å². The first-order valence-corrected chi connectivity index (χ1v) is 8.88. The fourth-order valence-corrected chi connectivity index (χ4v) is 3.54. The predicted molar refractivity (Wildman–Crippen MR) is 91.7 cm³/mol. The molecule has 128 valence electrons. The second kappa shape index (κ2) is 7.67. The molecule has 2 aromatic rings.